The number of fused-ring (bicyclic) bond motifs is 9. The summed E-state index contributed by atoms with van der Waals surface area (Å²) in [5.74, 6) is 1.85. The number of benzene rings is 9. The van der Waals surface area contributed by atoms with Crippen LogP contribution in [0.15, 0.2) is 217 Å². The molecule has 13 rings (SSSR count). The van der Waals surface area contributed by atoms with E-state index >= 15 is 0 Å². The maximum absolute atomic E-state index is 6.25. The van der Waals surface area contributed by atoms with Crippen LogP contribution in [0.2, 0.25) is 0 Å². The highest BCUT2D eigenvalue weighted by Crippen LogP contribution is 2.45. The molecule has 0 fully saturated rings. The number of para-hydroxylation sites is 4. The molecule has 294 valence electrons. The average Bonchev–Trinajstić information content (AvgIpc) is 4.01. The van der Waals surface area contributed by atoms with Gasteiger partial charge >= 0.3 is 0 Å². The van der Waals surface area contributed by atoms with E-state index in [0.717, 1.165) is 94.0 Å². The Bertz CT molecular complexity index is 3850. The molecule has 0 saturated carbocycles. The summed E-state index contributed by atoms with van der Waals surface area (Å²) in [6, 6.07) is 74.5. The number of hydrogen-bond donors (Lipinski definition) is 0. The van der Waals surface area contributed by atoms with Crippen LogP contribution in [0.5, 0.6) is 0 Å². The molecule has 4 heterocycles. The molecule has 0 spiro atoms. The average molecular weight is 806 g/mol. The predicted octanol–water partition coefficient (Wildman–Crippen LogP) is 14.6. The molecule has 0 amide bonds. The van der Waals surface area contributed by atoms with Crippen molar-refractivity contribution in [3.8, 4) is 56.7 Å². The second kappa shape index (κ2) is 14.0. The molecular weight excluding hydrogens is 771 g/mol. The van der Waals surface area contributed by atoms with E-state index in [-0.39, 0.29) is 0 Å². The lowest BCUT2D eigenvalue weighted by Gasteiger charge is -2.17. The highest BCUT2D eigenvalue weighted by Gasteiger charge is 2.24. The number of rotatable bonds is 6. The van der Waals surface area contributed by atoms with E-state index in [1.807, 2.05) is 48.5 Å². The summed E-state index contributed by atoms with van der Waals surface area (Å²) in [4.78, 5) is 15.7. The van der Waals surface area contributed by atoms with Crippen molar-refractivity contribution in [1.82, 2.24) is 24.1 Å². The Morgan fingerprint density at radius 2 is 0.873 bits per heavy atom. The maximum atomic E-state index is 6.25. The van der Waals surface area contributed by atoms with Gasteiger partial charge in [-0.15, -0.1) is 0 Å². The molecule has 0 atom stereocenters. The van der Waals surface area contributed by atoms with Gasteiger partial charge in [0, 0.05) is 65.9 Å². The molecule has 9 aromatic carbocycles. The summed E-state index contributed by atoms with van der Waals surface area (Å²) in [6.07, 6.45) is 0. The zero-order chi connectivity index (χ0) is 41.4. The van der Waals surface area contributed by atoms with Crippen molar-refractivity contribution in [2.75, 3.05) is 0 Å². The van der Waals surface area contributed by atoms with E-state index in [4.69, 9.17) is 19.4 Å². The molecule has 0 aliphatic heterocycles. The molecule has 0 unspecified atom stereocenters. The second-order valence-corrected chi connectivity index (χ2v) is 16.0. The monoisotopic (exact) mass is 805 g/mol. The highest BCUT2D eigenvalue weighted by molar-refractivity contribution is 6.18. The Kier molecular flexibility index (Phi) is 7.80. The van der Waals surface area contributed by atoms with Crippen molar-refractivity contribution in [2.24, 2.45) is 0 Å². The Labute approximate surface area is 361 Å². The van der Waals surface area contributed by atoms with Crippen LogP contribution in [-0.4, -0.2) is 24.1 Å². The standard InChI is InChI=1S/C57H35N5O/c1-4-16-36(17-5-1)55-58-56(37-18-6-2-7-19-37)60-57(59-55)45-31-30-44-41-22-10-14-26-49(41)62(39-20-8-3-9-21-39)54(44)53(45)38-28-32-50-46(34-38)42-23-11-13-25-48(42)61(50)40-29-33-52-47(35-40)43-24-12-15-27-51(43)63-52/h1-35H. The molecule has 0 saturated heterocycles. The van der Waals surface area contributed by atoms with Gasteiger partial charge in [-0.1, -0.05) is 146 Å². The van der Waals surface area contributed by atoms with Crippen LogP contribution in [0.1, 0.15) is 0 Å². The van der Waals surface area contributed by atoms with Gasteiger partial charge < -0.3 is 13.6 Å². The Morgan fingerprint density at radius 3 is 1.59 bits per heavy atom. The zero-order valence-corrected chi connectivity index (χ0v) is 33.9. The lowest BCUT2D eigenvalue weighted by molar-refractivity contribution is 0.669. The van der Waals surface area contributed by atoms with Crippen LogP contribution >= 0.6 is 0 Å². The van der Waals surface area contributed by atoms with Gasteiger partial charge in [-0.3, -0.25) is 0 Å². The first-order chi connectivity index (χ1) is 31.2. The van der Waals surface area contributed by atoms with Gasteiger partial charge in [0.15, 0.2) is 17.5 Å². The van der Waals surface area contributed by atoms with Crippen LogP contribution < -0.4 is 0 Å². The first-order valence-corrected chi connectivity index (χ1v) is 21.2. The molecule has 0 aliphatic rings. The third-order valence-corrected chi connectivity index (χ3v) is 12.4. The van der Waals surface area contributed by atoms with Gasteiger partial charge in [-0.05, 0) is 72.3 Å². The van der Waals surface area contributed by atoms with Crippen molar-refractivity contribution in [3.63, 3.8) is 0 Å². The minimum Gasteiger partial charge on any atom is -0.456 e. The Hall–Kier alpha value is -8.61. The Morgan fingerprint density at radius 1 is 0.317 bits per heavy atom. The topological polar surface area (TPSA) is 61.7 Å². The number of nitrogens with zero attached hydrogens (tertiary/aromatic N) is 5. The smallest absolute Gasteiger partial charge is 0.164 e. The molecule has 0 N–H and O–H groups in total. The SMILES string of the molecule is c1ccc(-c2nc(-c3ccccc3)nc(-c3ccc4c5ccccc5n(-c5ccccc5)c4c3-c3ccc4c(c3)c3ccccc3n4-c3ccc4oc5ccccc5c4c3)n2)cc1. The van der Waals surface area contributed by atoms with E-state index in [1.54, 1.807) is 0 Å². The van der Waals surface area contributed by atoms with Crippen LogP contribution in [0.25, 0.3) is 122 Å². The second-order valence-electron chi connectivity index (χ2n) is 16.0. The molecular formula is C57H35N5O. The van der Waals surface area contributed by atoms with Gasteiger partial charge in [-0.2, -0.15) is 0 Å². The van der Waals surface area contributed by atoms with Crippen molar-refractivity contribution < 1.29 is 4.42 Å². The van der Waals surface area contributed by atoms with Gasteiger partial charge in [0.1, 0.15) is 11.2 Å². The molecule has 6 nitrogen and oxygen atoms in total. The fourth-order valence-corrected chi connectivity index (χ4v) is 9.57. The Balaban J connectivity index is 1.13. The van der Waals surface area contributed by atoms with E-state index in [1.165, 1.54) is 10.8 Å². The van der Waals surface area contributed by atoms with E-state index in [0.29, 0.717) is 17.5 Å². The van der Waals surface area contributed by atoms with Gasteiger partial charge in [0.2, 0.25) is 0 Å². The lowest BCUT2D eigenvalue weighted by Crippen LogP contribution is -2.02. The van der Waals surface area contributed by atoms with Crippen LogP contribution in [0.4, 0.5) is 0 Å². The summed E-state index contributed by atoms with van der Waals surface area (Å²) in [5, 5.41) is 6.85. The molecule has 13 aromatic rings. The largest absolute Gasteiger partial charge is 0.456 e. The molecule has 0 radical (unpaired) electrons. The number of furan rings is 1. The third-order valence-electron chi connectivity index (χ3n) is 12.4. The summed E-state index contributed by atoms with van der Waals surface area (Å²) in [5.41, 5.74) is 13.2. The summed E-state index contributed by atoms with van der Waals surface area (Å²) in [6.45, 7) is 0. The minimum atomic E-state index is 0.604. The lowest BCUT2D eigenvalue weighted by atomic mass is 9.94. The number of aromatic nitrogens is 5. The van der Waals surface area contributed by atoms with Gasteiger partial charge in [-0.25, -0.2) is 15.0 Å². The first kappa shape index (κ1) is 35.2. The highest BCUT2D eigenvalue weighted by atomic mass is 16.3. The first-order valence-electron chi connectivity index (χ1n) is 21.2. The number of hydrogen-bond acceptors (Lipinski definition) is 4. The molecule has 0 aliphatic carbocycles. The van der Waals surface area contributed by atoms with Crippen LogP contribution in [0.3, 0.4) is 0 Å². The van der Waals surface area contributed by atoms with E-state index in [2.05, 4.69) is 173 Å². The normalized spacial score (nSPS) is 11.8. The van der Waals surface area contributed by atoms with E-state index < -0.39 is 0 Å². The fourth-order valence-electron chi connectivity index (χ4n) is 9.57. The van der Waals surface area contributed by atoms with Crippen molar-refractivity contribution in [3.05, 3.63) is 212 Å². The van der Waals surface area contributed by atoms with Crippen molar-refractivity contribution >= 4 is 65.6 Å². The summed E-state index contributed by atoms with van der Waals surface area (Å²) < 4.78 is 11.0. The zero-order valence-electron chi connectivity index (χ0n) is 33.9. The molecule has 4 aromatic heterocycles. The predicted molar refractivity (Wildman–Crippen MR) is 258 cm³/mol. The van der Waals surface area contributed by atoms with Gasteiger partial charge in [0.05, 0.1) is 22.1 Å². The van der Waals surface area contributed by atoms with Crippen molar-refractivity contribution in [2.45, 2.75) is 0 Å². The molecule has 6 heteroatoms. The quantitative estimate of drug-likeness (QED) is 0.168. The fraction of sp³-hybridized carbons (Fsp3) is 0. The molecule has 63 heavy (non-hydrogen) atoms. The van der Waals surface area contributed by atoms with Crippen molar-refractivity contribution in [1.29, 1.82) is 0 Å². The maximum Gasteiger partial charge on any atom is 0.164 e. The summed E-state index contributed by atoms with van der Waals surface area (Å²) in [7, 11) is 0. The molecule has 0 bridgehead atoms. The minimum absolute atomic E-state index is 0.604. The van der Waals surface area contributed by atoms with Crippen LogP contribution in [-0.2, 0) is 0 Å². The van der Waals surface area contributed by atoms with Crippen LogP contribution in [0, 0.1) is 0 Å². The third kappa shape index (κ3) is 5.55. The van der Waals surface area contributed by atoms with Gasteiger partial charge in [0.25, 0.3) is 0 Å². The van der Waals surface area contributed by atoms with E-state index in [9.17, 15) is 0 Å². The summed E-state index contributed by atoms with van der Waals surface area (Å²) >= 11 is 0.